The van der Waals surface area contributed by atoms with Crippen molar-refractivity contribution >= 4 is 71.7 Å². The highest BCUT2D eigenvalue weighted by molar-refractivity contribution is 7.80. The predicted molar refractivity (Wildman–Crippen MR) is 210 cm³/mol. The average molecular weight is 787 g/mol. The number of aliphatic carboxylic acids is 1. The van der Waals surface area contributed by atoms with E-state index >= 15 is 0 Å². The van der Waals surface area contributed by atoms with Gasteiger partial charge in [0.25, 0.3) is 0 Å². The van der Waals surface area contributed by atoms with Gasteiger partial charge in [-0.3, -0.25) is 24.0 Å². The van der Waals surface area contributed by atoms with Crippen molar-refractivity contribution < 1.29 is 39.0 Å². The molecule has 5 amide bonds. The molecule has 0 radical (unpaired) electrons. The Morgan fingerprint density at radius 3 is 1.91 bits per heavy atom. The number of carboxylic acids is 1. The number of hydrogen-bond acceptors (Lipinski definition) is 11. The summed E-state index contributed by atoms with van der Waals surface area (Å²) >= 11 is 8.03. The van der Waals surface area contributed by atoms with Gasteiger partial charge >= 0.3 is 5.97 Å². The van der Waals surface area contributed by atoms with E-state index in [0.717, 1.165) is 16.5 Å². The monoisotopic (exact) mass is 786 g/mol. The third kappa shape index (κ3) is 13.0. The number of thiol groups is 2. The minimum Gasteiger partial charge on any atom is -0.480 e. The summed E-state index contributed by atoms with van der Waals surface area (Å²) in [6.45, 7) is 1.54. The minimum atomic E-state index is -1.58. The Kier molecular flexibility index (Phi) is 17.8. The third-order valence-electron chi connectivity index (χ3n) is 8.62. The highest BCUT2D eigenvalue weighted by Crippen LogP contribution is 2.20. The summed E-state index contributed by atoms with van der Waals surface area (Å²) in [5.74, 6) is -5.46. The van der Waals surface area contributed by atoms with E-state index in [2.05, 4.69) is 56.8 Å². The Balaban J connectivity index is 1.94. The Hall–Kier alpha value is -4.62. The van der Waals surface area contributed by atoms with E-state index in [-0.39, 0.29) is 30.8 Å². The molecule has 1 aromatic heterocycles. The molecule has 0 spiro atoms. The first kappa shape index (κ1) is 43.8. The van der Waals surface area contributed by atoms with Crippen LogP contribution < -0.4 is 38.1 Å². The number of carboxylic acid groups (broad SMARTS) is 1. The number of H-pyrrole nitrogens is 1. The molecule has 3 aromatic rings. The van der Waals surface area contributed by atoms with Crippen molar-refractivity contribution in [2.45, 2.75) is 81.4 Å². The normalized spacial score (nSPS) is 15.1. The number of carbonyl (C=O) groups is 6. The van der Waals surface area contributed by atoms with Crippen molar-refractivity contribution in [3.05, 3.63) is 71.9 Å². The number of aliphatic hydroxyl groups is 1. The fraction of sp³-hybridized carbons (Fsp3) is 0.444. The average Bonchev–Trinajstić information content (AvgIpc) is 3.56. The van der Waals surface area contributed by atoms with Crippen LogP contribution in [0.4, 0.5) is 0 Å². The highest BCUT2D eigenvalue weighted by atomic mass is 32.1. The van der Waals surface area contributed by atoms with Crippen LogP contribution in [0.3, 0.4) is 0 Å². The van der Waals surface area contributed by atoms with E-state index in [1.165, 1.54) is 6.92 Å². The second-order valence-electron chi connectivity index (χ2n) is 12.8. The molecular weight excluding hydrogens is 737 g/mol. The lowest BCUT2D eigenvalue weighted by atomic mass is 10.0. The van der Waals surface area contributed by atoms with E-state index in [4.69, 9.17) is 11.5 Å². The number of aromatic amines is 1. The Morgan fingerprint density at radius 2 is 1.30 bits per heavy atom. The van der Waals surface area contributed by atoms with Crippen LogP contribution in [0.5, 0.6) is 0 Å². The quantitative estimate of drug-likeness (QED) is 0.0444. The molecule has 0 aliphatic heterocycles. The van der Waals surface area contributed by atoms with Gasteiger partial charge in [-0.05, 0) is 49.9 Å². The molecule has 0 bridgehead atoms. The topological polar surface area (TPSA) is 271 Å². The maximum atomic E-state index is 14.2. The fourth-order valence-electron chi connectivity index (χ4n) is 5.56. The third-order valence-corrected chi connectivity index (χ3v) is 9.38. The van der Waals surface area contributed by atoms with Gasteiger partial charge in [-0.15, -0.1) is 0 Å². The fourth-order valence-corrected chi connectivity index (χ4v) is 5.98. The van der Waals surface area contributed by atoms with Crippen LogP contribution in [0.2, 0.25) is 0 Å². The van der Waals surface area contributed by atoms with E-state index < -0.39 is 77.9 Å². The van der Waals surface area contributed by atoms with Crippen LogP contribution in [0.25, 0.3) is 10.9 Å². The van der Waals surface area contributed by atoms with Gasteiger partial charge in [0.05, 0.1) is 12.1 Å². The van der Waals surface area contributed by atoms with Crippen molar-refractivity contribution in [1.29, 1.82) is 0 Å². The molecule has 1 heterocycles. The summed E-state index contributed by atoms with van der Waals surface area (Å²) in [5.41, 5.74) is 13.8. The molecule has 0 saturated heterocycles. The minimum absolute atomic E-state index is 0.0254. The maximum absolute atomic E-state index is 14.2. The molecule has 2 aromatic carbocycles. The zero-order valence-corrected chi connectivity index (χ0v) is 31.7. The SMILES string of the molecule is C[C@@H](O)[C@H](NC(=O)[C@H](CCCCN)NC(=O)[C@@H](Cc1c[nH]c2ccccc12)NC(=O)[C@H](Cc1ccccc1)NC(=O)[C@@H](N)CS)C(=O)N[C@@H](CS)C(=O)O. The van der Waals surface area contributed by atoms with Crippen molar-refractivity contribution in [2.24, 2.45) is 11.5 Å². The van der Waals surface area contributed by atoms with Crippen LogP contribution in [0, 0.1) is 0 Å². The molecule has 7 atom stereocenters. The summed E-state index contributed by atoms with van der Waals surface area (Å²) in [5, 5.41) is 33.3. The molecule has 54 heavy (non-hydrogen) atoms. The number of fused-ring (bicyclic) bond motifs is 1. The summed E-state index contributed by atoms with van der Waals surface area (Å²) in [7, 11) is 0. The second kappa shape index (κ2) is 21.9. The summed E-state index contributed by atoms with van der Waals surface area (Å²) in [4.78, 5) is 82.4. The molecule has 0 unspecified atom stereocenters. The van der Waals surface area contributed by atoms with Crippen molar-refractivity contribution in [3.8, 4) is 0 Å². The molecule has 0 aliphatic carbocycles. The summed E-state index contributed by atoms with van der Waals surface area (Å²) < 4.78 is 0. The Labute approximate surface area is 324 Å². The number of aliphatic hydroxyl groups excluding tert-OH is 1. The zero-order valence-electron chi connectivity index (χ0n) is 29.9. The predicted octanol–water partition coefficient (Wildman–Crippen LogP) is -0.842. The Morgan fingerprint density at radius 1 is 0.722 bits per heavy atom. The highest BCUT2D eigenvalue weighted by Gasteiger charge is 2.34. The van der Waals surface area contributed by atoms with Gasteiger partial charge < -0.3 is 53.2 Å². The Bertz CT molecular complexity index is 1730. The van der Waals surface area contributed by atoms with Gasteiger partial charge in [0, 0.05) is 41.4 Å². The molecular formula is C36H50N8O8S2. The van der Waals surface area contributed by atoms with Crippen LogP contribution >= 0.6 is 25.3 Å². The molecule has 0 saturated carbocycles. The number of carbonyl (C=O) groups excluding carboxylic acids is 5. The molecule has 294 valence electrons. The van der Waals surface area contributed by atoms with Crippen molar-refractivity contribution in [2.75, 3.05) is 18.1 Å². The number of rotatable bonds is 22. The van der Waals surface area contributed by atoms with Crippen molar-refractivity contribution in [1.82, 2.24) is 31.6 Å². The van der Waals surface area contributed by atoms with Gasteiger partial charge in [0.2, 0.25) is 29.5 Å². The van der Waals surface area contributed by atoms with Crippen LogP contribution in [-0.4, -0.2) is 111 Å². The first-order valence-electron chi connectivity index (χ1n) is 17.5. The van der Waals surface area contributed by atoms with Gasteiger partial charge in [0.15, 0.2) is 0 Å². The first-order valence-corrected chi connectivity index (χ1v) is 18.7. The number of unbranched alkanes of at least 4 members (excludes halogenated alkanes) is 1. The summed E-state index contributed by atoms with van der Waals surface area (Å²) in [6, 6.07) is 8.63. The molecule has 18 heteroatoms. The van der Waals surface area contributed by atoms with Gasteiger partial charge in [-0.1, -0.05) is 48.5 Å². The second-order valence-corrected chi connectivity index (χ2v) is 13.5. The van der Waals surface area contributed by atoms with E-state index in [9.17, 15) is 39.0 Å². The molecule has 0 fully saturated rings. The number of aromatic nitrogens is 1. The lowest BCUT2D eigenvalue weighted by Crippen LogP contribution is -2.61. The van der Waals surface area contributed by atoms with E-state index in [0.29, 0.717) is 24.9 Å². The standard InChI is InChI=1S/C36H50N8O8S2/c1-20(45)30(35(50)43-29(19-54)36(51)52)44-32(47)26(13-7-8-14-37)40-34(49)28(16-22-17-39-25-12-6-5-11-23(22)25)42-33(48)27(41-31(46)24(38)18-53)15-21-9-3-2-4-10-21/h2-6,9-12,17,20,24,26-30,39,45,53-54H,7-8,13-16,18-19,37-38H2,1H3,(H,40,49)(H,41,46)(H,42,48)(H,43,50)(H,44,47)(H,51,52)/t20-,24+,26+,27+,28-,29+,30+/m1/s1. The van der Waals surface area contributed by atoms with Gasteiger partial charge in [-0.25, -0.2) is 4.79 Å². The van der Waals surface area contributed by atoms with Gasteiger partial charge in [-0.2, -0.15) is 25.3 Å². The van der Waals surface area contributed by atoms with Crippen LogP contribution in [-0.2, 0) is 41.6 Å². The first-order chi connectivity index (χ1) is 25.8. The van der Waals surface area contributed by atoms with Crippen LogP contribution in [0.1, 0.15) is 37.3 Å². The van der Waals surface area contributed by atoms with Crippen molar-refractivity contribution in [3.63, 3.8) is 0 Å². The molecule has 0 aliphatic rings. The number of nitrogens with two attached hydrogens (primary N) is 2. The lowest BCUT2D eigenvalue weighted by Gasteiger charge is -2.28. The molecule has 12 N–H and O–H groups in total. The van der Waals surface area contributed by atoms with E-state index in [1.807, 2.05) is 24.3 Å². The van der Waals surface area contributed by atoms with E-state index in [1.54, 1.807) is 36.5 Å². The number of benzene rings is 2. The zero-order chi connectivity index (χ0) is 39.8. The van der Waals surface area contributed by atoms with Crippen LogP contribution in [0.15, 0.2) is 60.8 Å². The number of amides is 5. The molecule has 16 nitrogen and oxygen atoms in total. The number of para-hydroxylation sites is 1. The largest absolute Gasteiger partial charge is 0.480 e. The molecule has 3 rings (SSSR count). The number of hydrogen-bond donors (Lipinski definition) is 12. The number of nitrogens with one attached hydrogen (secondary N) is 6. The maximum Gasteiger partial charge on any atom is 0.327 e. The lowest BCUT2D eigenvalue weighted by molar-refractivity contribution is -0.142. The smallest absolute Gasteiger partial charge is 0.327 e. The van der Waals surface area contributed by atoms with Gasteiger partial charge in [0.1, 0.15) is 30.2 Å². The summed E-state index contributed by atoms with van der Waals surface area (Å²) in [6.07, 6.45) is 1.24.